The summed E-state index contributed by atoms with van der Waals surface area (Å²) in [6.07, 6.45) is 1.75. The Bertz CT molecular complexity index is 1510. The summed E-state index contributed by atoms with van der Waals surface area (Å²) in [6.45, 7) is 1.44. The van der Waals surface area contributed by atoms with E-state index in [1.54, 1.807) is 57.8 Å². The second-order valence-corrected chi connectivity index (χ2v) is 7.61. The van der Waals surface area contributed by atoms with Gasteiger partial charge in [0.05, 0.1) is 30.8 Å². The van der Waals surface area contributed by atoms with Crippen LogP contribution in [0.5, 0.6) is 11.5 Å². The molecule has 2 aromatic heterocycles. The molecule has 0 saturated carbocycles. The van der Waals surface area contributed by atoms with E-state index in [9.17, 15) is 14.4 Å². The van der Waals surface area contributed by atoms with Crippen molar-refractivity contribution in [3.8, 4) is 28.4 Å². The molecule has 9 nitrogen and oxygen atoms in total. The molecule has 0 aliphatic rings. The summed E-state index contributed by atoms with van der Waals surface area (Å²) in [6, 6.07) is 12.6. The van der Waals surface area contributed by atoms with Crippen LogP contribution in [-0.2, 0) is 18.9 Å². The summed E-state index contributed by atoms with van der Waals surface area (Å²) >= 11 is 0. The molecule has 0 aliphatic carbocycles. The van der Waals surface area contributed by atoms with Gasteiger partial charge in [-0.3, -0.25) is 18.7 Å². The van der Waals surface area contributed by atoms with Crippen molar-refractivity contribution in [2.45, 2.75) is 6.92 Å². The molecular formula is C24H24N4O5. The van der Waals surface area contributed by atoms with E-state index >= 15 is 0 Å². The molecular weight excluding hydrogens is 424 g/mol. The van der Waals surface area contributed by atoms with Crippen molar-refractivity contribution < 1.29 is 14.3 Å². The quantitative estimate of drug-likeness (QED) is 0.506. The van der Waals surface area contributed by atoms with E-state index in [0.29, 0.717) is 45.0 Å². The molecule has 0 atom stereocenters. The lowest BCUT2D eigenvalue weighted by Crippen LogP contribution is -2.36. The molecule has 0 radical (unpaired) electrons. The van der Waals surface area contributed by atoms with E-state index in [4.69, 9.17) is 9.47 Å². The molecule has 0 aliphatic heterocycles. The molecule has 9 heteroatoms. The van der Waals surface area contributed by atoms with Gasteiger partial charge in [-0.2, -0.15) is 0 Å². The van der Waals surface area contributed by atoms with Gasteiger partial charge in [0, 0.05) is 44.2 Å². The van der Waals surface area contributed by atoms with Crippen molar-refractivity contribution in [3.05, 3.63) is 69.5 Å². The van der Waals surface area contributed by atoms with Crippen LogP contribution in [0.1, 0.15) is 6.92 Å². The van der Waals surface area contributed by atoms with E-state index in [2.05, 4.69) is 5.32 Å². The number of aromatic nitrogens is 3. The highest BCUT2D eigenvalue weighted by Crippen LogP contribution is 2.36. The molecule has 4 rings (SSSR count). The highest BCUT2D eigenvalue weighted by Gasteiger charge is 2.21. The molecule has 0 bridgehead atoms. The van der Waals surface area contributed by atoms with Crippen molar-refractivity contribution in [1.82, 2.24) is 13.7 Å². The highest BCUT2D eigenvalue weighted by molar-refractivity contribution is 5.95. The topological polar surface area (TPSA) is 96.5 Å². The zero-order chi connectivity index (χ0) is 23.9. The lowest BCUT2D eigenvalue weighted by molar-refractivity contribution is -0.114. The van der Waals surface area contributed by atoms with E-state index < -0.39 is 11.2 Å². The number of carbonyl (C=O) groups excluding carboxylic acids is 1. The number of methoxy groups -OCH3 is 2. The first kappa shape index (κ1) is 21.9. The second-order valence-electron chi connectivity index (χ2n) is 7.61. The van der Waals surface area contributed by atoms with Gasteiger partial charge >= 0.3 is 5.69 Å². The third-order valence-corrected chi connectivity index (χ3v) is 5.54. The predicted octanol–water partition coefficient (Wildman–Crippen LogP) is 2.67. The van der Waals surface area contributed by atoms with Crippen molar-refractivity contribution in [2.75, 3.05) is 19.5 Å². The molecule has 1 N–H and O–H groups in total. The SMILES string of the molecule is COc1ccc(-c2c3c(=O)n(C)c(=O)n(C)c3cn2-c2cccc(NC(C)=O)c2)cc1OC. The maximum Gasteiger partial charge on any atom is 0.330 e. The number of benzene rings is 2. The smallest absolute Gasteiger partial charge is 0.330 e. The zero-order valence-electron chi connectivity index (χ0n) is 19.0. The van der Waals surface area contributed by atoms with Crippen LogP contribution in [-0.4, -0.2) is 33.8 Å². The minimum Gasteiger partial charge on any atom is -0.493 e. The minimum absolute atomic E-state index is 0.193. The highest BCUT2D eigenvalue weighted by atomic mass is 16.5. The van der Waals surface area contributed by atoms with E-state index in [0.717, 1.165) is 4.57 Å². The number of fused-ring (bicyclic) bond motifs is 1. The number of rotatable bonds is 5. The van der Waals surface area contributed by atoms with E-state index in [1.807, 2.05) is 16.7 Å². The van der Waals surface area contributed by atoms with Gasteiger partial charge in [-0.15, -0.1) is 0 Å². The molecule has 0 spiro atoms. The lowest BCUT2D eigenvalue weighted by atomic mass is 10.1. The minimum atomic E-state index is -0.421. The van der Waals surface area contributed by atoms with Crippen molar-refractivity contribution in [3.63, 3.8) is 0 Å². The van der Waals surface area contributed by atoms with Crippen molar-refractivity contribution in [2.24, 2.45) is 14.1 Å². The van der Waals surface area contributed by atoms with Gasteiger partial charge in [-0.05, 0) is 36.4 Å². The second kappa shape index (κ2) is 8.34. The Labute approximate surface area is 189 Å². The first-order chi connectivity index (χ1) is 15.8. The Morgan fingerprint density at radius 1 is 0.939 bits per heavy atom. The number of carbonyl (C=O) groups is 1. The summed E-state index contributed by atoms with van der Waals surface area (Å²) in [7, 11) is 6.17. The maximum absolute atomic E-state index is 13.3. The monoisotopic (exact) mass is 448 g/mol. The fourth-order valence-electron chi connectivity index (χ4n) is 3.95. The lowest BCUT2D eigenvalue weighted by Gasteiger charge is -2.14. The fraction of sp³-hybridized carbons (Fsp3) is 0.208. The number of anilines is 1. The number of hydrogen-bond acceptors (Lipinski definition) is 5. The fourth-order valence-corrected chi connectivity index (χ4v) is 3.95. The molecule has 170 valence electrons. The first-order valence-electron chi connectivity index (χ1n) is 10.2. The Morgan fingerprint density at radius 2 is 1.67 bits per heavy atom. The molecule has 2 aromatic carbocycles. The maximum atomic E-state index is 13.3. The third-order valence-electron chi connectivity index (χ3n) is 5.54. The number of nitrogens with zero attached hydrogens (tertiary/aromatic N) is 3. The Kier molecular flexibility index (Phi) is 5.55. The molecule has 1 amide bonds. The van der Waals surface area contributed by atoms with Crippen molar-refractivity contribution >= 4 is 22.5 Å². The van der Waals surface area contributed by atoms with Crippen LogP contribution in [0.25, 0.3) is 27.8 Å². The van der Waals surface area contributed by atoms with Crippen LogP contribution in [0, 0.1) is 0 Å². The summed E-state index contributed by atoms with van der Waals surface area (Å²) in [5, 5.41) is 3.16. The van der Waals surface area contributed by atoms with Gasteiger partial charge in [-0.25, -0.2) is 4.79 Å². The third kappa shape index (κ3) is 3.67. The number of nitrogens with one attached hydrogen (secondary N) is 1. The molecule has 33 heavy (non-hydrogen) atoms. The summed E-state index contributed by atoms with van der Waals surface area (Å²) in [5.41, 5.74) is 2.25. The van der Waals surface area contributed by atoms with Gasteiger partial charge < -0.3 is 19.4 Å². The molecule has 0 unspecified atom stereocenters. The number of ether oxygens (including phenoxy) is 2. The standard InChI is InChI=1S/C24H24N4O5/c1-14(29)25-16-7-6-8-17(12-16)28-13-18-21(23(30)27(3)24(31)26(18)2)22(28)15-9-10-19(32-4)20(11-15)33-5/h6-13H,1-5H3,(H,25,29). The molecule has 0 fully saturated rings. The van der Waals surface area contributed by atoms with Gasteiger partial charge in [-0.1, -0.05) is 6.07 Å². The van der Waals surface area contributed by atoms with Crippen LogP contribution in [0.2, 0.25) is 0 Å². The normalized spacial score (nSPS) is 10.9. The van der Waals surface area contributed by atoms with Crippen LogP contribution in [0.3, 0.4) is 0 Å². The number of hydrogen-bond donors (Lipinski definition) is 1. The molecule has 4 aromatic rings. The van der Waals surface area contributed by atoms with Crippen LogP contribution in [0.4, 0.5) is 5.69 Å². The average molecular weight is 448 g/mol. The molecule has 2 heterocycles. The van der Waals surface area contributed by atoms with E-state index in [1.165, 1.54) is 18.5 Å². The average Bonchev–Trinajstić information content (AvgIpc) is 3.21. The summed E-state index contributed by atoms with van der Waals surface area (Å²) in [5.74, 6) is 0.863. The van der Waals surface area contributed by atoms with Crippen molar-refractivity contribution in [1.29, 1.82) is 0 Å². The van der Waals surface area contributed by atoms with Crippen LogP contribution in [0.15, 0.2) is 58.3 Å². The number of aryl methyl sites for hydroxylation is 1. The van der Waals surface area contributed by atoms with Crippen LogP contribution >= 0.6 is 0 Å². The summed E-state index contributed by atoms with van der Waals surface area (Å²) < 4.78 is 15.2. The van der Waals surface area contributed by atoms with Crippen LogP contribution < -0.4 is 26.0 Å². The first-order valence-corrected chi connectivity index (χ1v) is 10.2. The van der Waals surface area contributed by atoms with Gasteiger partial charge in [0.25, 0.3) is 5.56 Å². The Balaban J connectivity index is 2.11. The predicted molar refractivity (Wildman–Crippen MR) is 127 cm³/mol. The summed E-state index contributed by atoms with van der Waals surface area (Å²) in [4.78, 5) is 37.4. The zero-order valence-corrected chi connectivity index (χ0v) is 19.0. The molecule has 0 saturated heterocycles. The Morgan fingerprint density at radius 3 is 2.33 bits per heavy atom. The number of amides is 1. The van der Waals surface area contributed by atoms with Gasteiger partial charge in [0.2, 0.25) is 5.91 Å². The van der Waals surface area contributed by atoms with Gasteiger partial charge in [0.15, 0.2) is 11.5 Å². The van der Waals surface area contributed by atoms with Gasteiger partial charge in [0.1, 0.15) is 0 Å². The van der Waals surface area contributed by atoms with E-state index in [-0.39, 0.29) is 5.91 Å². The Hall–Kier alpha value is -4.27. The largest absolute Gasteiger partial charge is 0.493 e.